The van der Waals surface area contributed by atoms with Gasteiger partial charge in [-0.05, 0) is 4.99 Å². The first-order chi connectivity index (χ1) is 1.41. The van der Waals surface area contributed by atoms with Crippen molar-refractivity contribution in [2.24, 2.45) is 0 Å². The van der Waals surface area contributed by atoms with Crippen LogP contribution < -0.4 is 0 Å². The minimum atomic E-state index is 0. The minimum Gasteiger partial charge on any atom is -0.0921 e. The Morgan fingerprint density at radius 3 is 1.75 bits per heavy atom. The summed E-state index contributed by atoms with van der Waals surface area (Å²) in [7, 11) is 0. The van der Waals surface area contributed by atoms with Crippen LogP contribution in [0.4, 0.5) is 0 Å². The van der Waals surface area contributed by atoms with Gasteiger partial charge in [0.15, 0.2) is 0 Å². The third-order valence-corrected chi connectivity index (χ3v) is 0. The van der Waals surface area contributed by atoms with Crippen molar-refractivity contribution >= 4 is 45.5 Å². The van der Waals surface area contributed by atoms with E-state index in [9.17, 15) is 0 Å². The molecule has 0 aromatic heterocycles. The normalized spacial score (nSPS) is 3.25. The summed E-state index contributed by atoms with van der Waals surface area (Å²) in [4.78, 5) is 1.56. The molecule has 2 heteroatoms. The smallest absolute Gasteiger partial charge is 0 e. The molecular formula is C2H3BrNa. The van der Waals surface area contributed by atoms with Crippen LogP contribution in [0.3, 0.4) is 0 Å². The third-order valence-electron chi connectivity index (χ3n) is 0. The quantitative estimate of drug-likeness (QED) is 0.431. The second-order valence-corrected chi connectivity index (χ2v) is 0.802. The molecule has 0 N–H and O–H groups in total. The molecule has 0 aromatic rings. The summed E-state index contributed by atoms with van der Waals surface area (Å²) in [5, 5.41) is 0. The van der Waals surface area contributed by atoms with E-state index >= 15 is 0 Å². The molecule has 0 atom stereocenters. The molecule has 0 aromatic carbocycles. The van der Waals surface area contributed by atoms with Gasteiger partial charge in [0.05, 0.1) is 0 Å². The zero-order valence-electron chi connectivity index (χ0n) is 2.66. The van der Waals surface area contributed by atoms with Crippen LogP contribution in [0.25, 0.3) is 0 Å². The summed E-state index contributed by atoms with van der Waals surface area (Å²) < 4.78 is 0. The van der Waals surface area contributed by atoms with Crippen molar-refractivity contribution in [2.45, 2.75) is 0 Å². The van der Waals surface area contributed by atoms with E-state index in [-0.39, 0.29) is 29.6 Å². The maximum atomic E-state index is 3.28. The molecule has 1 radical (unpaired) electrons. The molecule has 0 unspecified atom stereocenters. The van der Waals surface area contributed by atoms with Gasteiger partial charge in [0.2, 0.25) is 0 Å². The summed E-state index contributed by atoms with van der Waals surface area (Å²) in [5.41, 5.74) is 0. The van der Waals surface area contributed by atoms with Crippen LogP contribution >= 0.6 is 15.9 Å². The van der Waals surface area contributed by atoms with Crippen LogP contribution in [-0.4, -0.2) is 29.6 Å². The Kier molecular flexibility index (Phi) is 19.9. The van der Waals surface area contributed by atoms with Crippen molar-refractivity contribution in [1.82, 2.24) is 0 Å². The monoisotopic (exact) mass is 129 g/mol. The van der Waals surface area contributed by atoms with Crippen LogP contribution in [0, 0.1) is 0 Å². The van der Waals surface area contributed by atoms with Crippen molar-refractivity contribution < 1.29 is 0 Å². The molecular weight excluding hydrogens is 127 g/mol. The van der Waals surface area contributed by atoms with Gasteiger partial charge >= 0.3 is 0 Å². The van der Waals surface area contributed by atoms with E-state index in [0.29, 0.717) is 0 Å². The predicted octanol–water partition coefficient (Wildman–Crippen LogP) is 1.14. The van der Waals surface area contributed by atoms with E-state index in [4.69, 9.17) is 0 Å². The second kappa shape index (κ2) is 8.88. The molecule has 4 heavy (non-hydrogen) atoms. The van der Waals surface area contributed by atoms with Crippen molar-refractivity contribution in [3.8, 4) is 0 Å². The number of rotatable bonds is 0. The Hall–Kier alpha value is 1.22. The van der Waals surface area contributed by atoms with Gasteiger partial charge in [-0.1, -0.05) is 22.5 Å². The average molecular weight is 130 g/mol. The summed E-state index contributed by atoms with van der Waals surface area (Å²) in [6.45, 7) is 3.28. The van der Waals surface area contributed by atoms with Gasteiger partial charge in [0, 0.05) is 29.6 Å². The fourth-order valence-electron chi connectivity index (χ4n) is 0. The van der Waals surface area contributed by atoms with Crippen molar-refractivity contribution in [3.63, 3.8) is 0 Å². The van der Waals surface area contributed by atoms with E-state index in [1.54, 1.807) is 4.99 Å². The van der Waals surface area contributed by atoms with Gasteiger partial charge < -0.3 is 0 Å². The topological polar surface area (TPSA) is 0 Å². The first-order valence-electron chi connectivity index (χ1n) is 0.626. The molecule has 0 amide bonds. The Morgan fingerprint density at radius 2 is 1.75 bits per heavy atom. The maximum Gasteiger partial charge on any atom is 0 e. The number of hydrogen-bond acceptors (Lipinski definition) is 0. The number of hydrogen-bond donors (Lipinski definition) is 0. The summed E-state index contributed by atoms with van der Waals surface area (Å²) >= 11 is 2.91. The molecule has 0 aliphatic rings. The zero-order valence-corrected chi connectivity index (χ0v) is 6.25. The molecule has 0 spiro atoms. The van der Waals surface area contributed by atoms with Gasteiger partial charge in [-0.3, -0.25) is 0 Å². The van der Waals surface area contributed by atoms with Gasteiger partial charge in [0.1, 0.15) is 0 Å². The molecule has 0 aliphatic carbocycles. The summed E-state index contributed by atoms with van der Waals surface area (Å²) in [6.07, 6.45) is 0. The Bertz CT molecular complexity index is 13.5. The Labute approximate surface area is 56.7 Å². The maximum absolute atomic E-state index is 3.28. The standard InChI is InChI=1S/C2H3Br.Na/c1-2-3;/h2H,1H2;. The molecule has 0 saturated carbocycles. The van der Waals surface area contributed by atoms with Crippen molar-refractivity contribution in [1.29, 1.82) is 0 Å². The van der Waals surface area contributed by atoms with E-state index in [1.165, 1.54) is 0 Å². The zero-order chi connectivity index (χ0) is 2.71. The first-order valence-corrected chi connectivity index (χ1v) is 1.54. The second-order valence-electron chi connectivity index (χ2n) is 0.154. The predicted molar refractivity (Wildman–Crippen MR) is 24.9 cm³/mol. The molecule has 0 saturated heterocycles. The SMILES string of the molecule is C=CBr.[Na]. The first kappa shape index (κ1) is 8.97. The van der Waals surface area contributed by atoms with E-state index in [0.717, 1.165) is 0 Å². The molecule has 0 rings (SSSR count). The van der Waals surface area contributed by atoms with Gasteiger partial charge in [0.25, 0.3) is 0 Å². The van der Waals surface area contributed by atoms with Gasteiger partial charge in [-0.15, -0.1) is 0 Å². The van der Waals surface area contributed by atoms with Crippen LogP contribution in [0.5, 0.6) is 0 Å². The molecule has 0 fully saturated rings. The fourth-order valence-corrected chi connectivity index (χ4v) is 0. The molecule has 0 bridgehead atoms. The van der Waals surface area contributed by atoms with Gasteiger partial charge in [-0.2, -0.15) is 0 Å². The molecule has 19 valence electrons. The third kappa shape index (κ3) is 10.7. The van der Waals surface area contributed by atoms with E-state index in [1.807, 2.05) is 0 Å². The van der Waals surface area contributed by atoms with Crippen LogP contribution in [-0.2, 0) is 0 Å². The summed E-state index contributed by atoms with van der Waals surface area (Å²) in [5.74, 6) is 0. The van der Waals surface area contributed by atoms with E-state index < -0.39 is 0 Å². The van der Waals surface area contributed by atoms with Crippen LogP contribution in [0.1, 0.15) is 0 Å². The molecule has 0 aliphatic heterocycles. The Balaban J connectivity index is 0. The molecule has 0 nitrogen and oxygen atoms in total. The average Bonchev–Trinajstić information content (AvgIpc) is 0.918. The Morgan fingerprint density at radius 1 is 1.75 bits per heavy atom. The van der Waals surface area contributed by atoms with E-state index in [2.05, 4.69) is 22.5 Å². The van der Waals surface area contributed by atoms with Crippen LogP contribution in [0.2, 0.25) is 0 Å². The number of halogens is 1. The van der Waals surface area contributed by atoms with Crippen molar-refractivity contribution in [3.05, 3.63) is 11.6 Å². The minimum absolute atomic E-state index is 0. The van der Waals surface area contributed by atoms with Crippen LogP contribution in [0.15, 0.2) is 11.6 Å². The summed E-state index contributed by atoms with van der Waals surface area (Å²) in [6, 6.07) is 0. The molecule has 0 heterocycles. The fraction of sp³-hybridized carbons (Fsp3) is 0. The van der Waals surface area contributed by atoms with Crippen molar-refractivity contribution in [2.75, 3.05) is 0 Å². The van der Waals surface area contributed by atoms with Gasteiger partial charge in [-0.25, -0.2) is 0 Å². The largest absolute Gasteiger partial charge is 0.0921 e.